The molecule has 0 aliphatic carbocycles. The van der Waals surface area contributed by atoms with Crippen LogP contribution >= 0.6 is 11.6 Å². The highest BCUT2D eigenvalue weighted by molar-refractivity contribution is 6.31. The number of aliphatic imine (C=N–C) groups is 1. The number of anilines is 1. The quantitative estimate of drug-likeness (QED) is 0.326. The maximum atomic E-state index is 12.6. The molecule has 0 aliphatic rings. The highest BCUT2D eigenvalue weighted by Crippen LogP contribution is 2.27. The van der Waals surface area contributed by atoms with Crippen molar-refractivity contribution >= 4 is 34.9 Å². The molecule has 0 bridgehead atoms. The van der Waals surface area contributed by atoms with E-state index < -0.39 is 6.09 Å². The Kier molecular flexibility index (Phi) is 7.90. The lowest BCUT2D eigenvalue weighted by molar-refractivity contribution is 0.157. The van der Waals surface area contributed by atoms with Crippen LogP contribution in [-0.2, 0) is 0 Å². The van der Waals surface area contributed by atoms with E-state index in [-0.39, 0.29) is 0 Å². The van der Waals surface area contributed by atoms with Crippen molar-refractivity contribution in [3.8, 4) is 5.75 Å². The van der Waals surface area contributed by atoms with Gasteiger partial charge in [0.15, 0.2) is 0 Å². The third-order valence-corrected chi connectivity index (χ3v) is 5.24. The smallest absolute Gasteiger partial charge is 0.409 e. The molecule has 0 spiro atoms. The summed E-state index contributed by atoms with van der Waals surface area (Å²) >= 11 is 6.33. The standard InChI is InChI=1S/C26H28ClN3O2/c1-5-30(6-2)26(31)32-24-16-11-20(27)17-23(24)25(28-21-12-7-18(3)8-13-21)29-22-14-9-19(4)10-15-22/h7-17H,5-6H2,1-4H3,(H,28,29). The molecule has 0 fully saturated rings. The minimum absolute atomic E-state index is 0.386. The fourth-order valence-electron chi connectivity index (χ4n) is 3.09. The Labute approximate surface area is 194 Å². The zero-order valence-corrected chi connectivity index (χ0v) is 19.6. The number of amidine groups is 1. The SMILES string of the molecule is CCN(CC)C(=O)Oc1ccc(Cl)cc1C(=Nc1ccc(C)cc1)Nc1ccc(C)cc1. The number of amides is 1. The van der Waals surface area contributed by atoms with E-state index in [4.69, 9.17) is 21.3 Å². The van der Waals surface area contributed by atoms with Gasteiger partial charge in [-0.3, -0.25) is 0 Å². The minimum atomic E-state index is -0.413. The van der Waals surface area contributed by atoms with Gasteiger partial charge in [0.25, 0.3) is 0 Å². The number of halogens is 1. The number of carbonyl (C=O) groups excluding carboxylic acids is 1. The predicted octanol–water partition coefficient (Wildman–Crippen LogP) is 6.99. The second-order valence-corrected chi connectivity index (χ2v) is 7.90. The Morgan fingerprint density at radius 3 is 2.12 bits per heavy atom. The molecule has 6 heteroatoms. The van der Waals surface area contributed by atoms with Crippen molar-refractivity contribution in [3.63, 3.8) is 0 Å². The van der Waals surface area contributed by atoms with Gasteiger partial charge in [0, 0.05) is 23.8 Å². The molecule has 0 saturated carbocycles. The number of hydrogen-bond donors (Lipinski definition) is 1. The molecular formula is C26H28ClN3O2. The van der Waals surface area contributed by atoms with Crippen molar-refractivity contribution in [2.24, 2.45) is 4.99 Å². The van der Waals surface area contributed by atoms with Crippen LogP contribution in [0.25, 0.3) is 0 Å². The van der Waals surface area contributed by atoms with Crippen molar-refractivity contribution in [2.45, 2.75) is 27.7 Å². The Bertz CT molecular complexity index is 1090. The second-order valence-electron chi connectivity index (χ2n) is 7.47. The number of hydrogen-bond acceptors (Lipinski definition) is 3. The molecule has 32 heavy (non-hydrogen) atoms. The van der Waals surface area contributed by atoms with Gasteiger partial charge in [0.2, 0.25) is 0 Å². The summed E-state index contributed by atoms with van der Waals surface area (Å²) in [5.74, 6) is 0.916. The molecule has 1 N–H and O–H groups in total. The zero-order chi connectivity index (χ0) is 23.1. The Hall–Kier alpha value is -3.31. The van der Waals surface area contributed by atoms with E-state index in [0.29, 0.717) is 35.3 Å². The zero-order valence-electron chi connectivity index (χ0n) is 18.9. The molecule has 166 valence electrons. The summed E-state index contributed by atoms with van der Waals surface area (Å²) in [5.41, 5.74) is 4.53. The van der Waals surface area contributed by atoms with E-state index in [2.05, 4.69) is 5.32 Å². The lowest BCUT2D eigenvalue weighted by Crippen LogP contribution is -2.33. The fourth-order valence-corrected chi connectivity index (χ4v) is 3.27. The lowest BCUT2D eigenvalue weighted by Gasteiger charge is -2.20. The molecular weight excluding hydrogens is 422 g/mol. The molecule has 0 aliphatic heterocycles. The number of benzene rings is 3. The minimum Gasteiger partial charge on any atom is -0.409 e. The molecule has 5 nitrogen and oxygen atoms in total. The van der Waals surface area contributed by atoms with Gasteiger partial charge in [-0.1, -0.05) is 47.0 Å². The molecule has 3 aromatic carbocycles. The first kappa shape index (κ1) is 23.4. The summed E-state index contributed by atoms with van der Waals surface area (Å²) in [7, 11) is 0. The predicted molar refractivity (Wildman–Crippen MR) is 133 cm³/mol. The van der Waals surface area contributed by atoms with Crippen molar-refractivity contribution in [3.05, 3.63) is 88.4 Å². The van der Waals surface area contributed by atoms with Gasteiger partial charge in [0.05, 0.1) is 11.3 Å². The van der Waals surface area contributed by atoms with E-state index in [1.807, 2.05) is 76.2 Å². The van der Waals surface area contributed by atoms with Crippen LogP contribution in [0.15, 0.2) is 71.7 Å². The molecule has 0 saturated heterocycles. The van der Waals surface area contributed by atoms with Crippen LogP contribution < -0.4 is 10.1 Å². The van der Waals surface area contributed by atoms with Crippen LogP contribution in [0, 0.1) is 13.8 Å². The van der Waals surface area contributed by atoms with Crippen LogP contribution in [0.5, 0.6) is 5.75 Å². The number of rotatable bonds is 6. The molecule has 0 radical (unpaired) electrons. The normalized spacial score (nSPS) is 11.2. The van der Waals surface area contributed by atoms with Crippen LogP contribution in [0.4, 0.5) is 16.2 Å². The third kappa shape index (κ3) is 6.11. The Morgan fingerprint density at radius 1 is 0.938 bits per heavy atom. The van der Waals surface area contributed by atoms with Crippen molar-refractivity contribution < 1.29 is 9.53 Å². The number of ether oxygens (including phenoxy) is 1. The lowest BCUT2D eigenvalue weighted by atomic mass is 10.1. The number of carbonyl (C=O) groups is 1. The Morgan fingerprint density at radius 2 is 1.53 bits per heavy atom. The average Bonchev–Trinajstić information content (AvgIpc) is 2.78. The van der Waals surface area contributed by atoms with Crippen LogP contribution in [-0.4, -0.2) is 29.9 Å². The molecule has 0 atom stereocenters. The fraction of sp³-hybridized carbons (Fsp3) is 0.231. The molecule has 1 amide bonds. The first-order chi connectivity index (χ1) is 15.4. The van der Waals surface area contributed by atoms with E-state index in [1.54, 1.807) is 23.1 Å². The van der Waals surface area contributed by atoms with Gasteiger partial charge < -0.3 is 15.0 Å². The molecule has 3 aromatic rings. The van der Waals surface area contributed by atoms with Gasteiger partial charge in [-0.15, -0.1) is 0 Å². The summed E-state index contributed by atoms with van der Waals surface area (Å²) in [4.78, 5) is 19.1. The number of aryl methyl sites for hydroxylation is 2. The highest BCUT2D eigenvalue weighted by Gasteiger charge is 2.18. The van der Waals surface area contributed by atoms with Crippen molar-refractivity contribution in [1.29, 1.82) is 0 Å². The monoisotopic (exact) mass is 449 g/mol. The number of nitrogens with one attached hydrogen (secondary N) is 1. The average molecular weight is 450 g/mol. The summed E-state index contributed by atoms with van der Waals surface area (Å²) in [6, 6.07) is 21.0. The van der Waals surface area contributed by atoms with Crippen LogP contribution in [0.1, 0.15) is 30.5 Å². The van der Waals surface area contributed by atoms with Crippen molar-refractivity contribution in [1.82, 2.24) is 4.90 Å². The van der Waals surface area contributed by atoms with E-state index >= 15 is 0 Å². The third-order valence-electron chi connectivity index (χ3n) is 5.00. The van der Waals surface area contributed by atoms with Gasteiger partial charge >= 0.3 is 6.09 Å². The highest BCUT2D eigenvalue weighted by atomic mass is 35.5. The largest absolute Gasteiger partial charge is 0.415 e. The molecule has 0 aromatic heterocycles. The van der Waals surface area contributed by atoms with Gasteiger partial charge in [-0.25, -0.2) is 9.79 Å². The summed E-state index contributed by atoms with van der Waals surface area (Å²) in [6.07, 6.45) is -0.413. The van der Waals surface area contributed by atoms with Gasteiger partial charge in [-0.05, 0) is 70.2 Å². The van der Waals surface area contributed by atoms with Crippen LogP contribution in [0.3, 0.4) is 0 Å². The second kappa shape index (κ2) is 10.8. The summed E-state index contributed by atoms with van der Waals surface area (Å²) in [6.45, 7) is 9.01. The van der Waals surface area contributed by atoms with E-state index in [0.717, 1.165) is 22.5 Å². The summed E-state index contributed by atoms with van der Waals surface area (Å²) in [5, 5.41) is 3.89. The van der Waals surface area contributed by atoms with Crippen LogP contribution in [0.2, 0.25) is 5.02 Å². The Balaban J connectivity index is 2.06. The maximum Gasteiger partial charge on any atom is 0.415 e. The van der Waals surface area contributed by atoms with Gasteiger partial charge in [-0.2, -0.15) is 0 Å². The van der Waals surface area contributed by atoms with Gasteiger partial charge in [0.1, 0.15) is 11.6 Å². The first-order valence-electron chi connectivity index (χ1n) is 10.6. The molecule has 0 heterocycles. The first-order valence-corrected chi connectivity index (χ1v) is 11.0. The number of nitrogens with zero attached hydrogens (tertiary/aromatic N) is 2. The molecule has 3 rings (SSSR count). The van der Waals surface area contributed by atoms with E-state index in [1.165, 1.54) is 0 Å². The van der Waals surface area contributed by atoms with Crippen molar-refractivity contribution in [2.75, 3.05) is 18.4 Å². The van der Waals surface area contributed by atoms with E-state index in [9.17, 15) is 4.79 Å². The topological polar surface area (TPSA) is 53.9 Å². The maximum absolute atomic E-state index is 12.6. The molecule has 0 unspecified atom stereocenters. The summed E-state index contributed by atoms with van der Waals surface area (Å²) < 4.78 is 5.75.